The van der Waals surface area contributed by atoms with Gasteiger partial charge >= 0.3 is 5.69 Å². The Kier molecular flexibility index (Phi) is 3.77. The summed E-state index contributed by atoms with van der Waals surface area (Å²) in [6.07, 6.45) is -0.794. The van der Waals surface area contributed by atoms with E-state index in [1.807, 2.05) is 25.1 Å². The van der Waals surface area contributed by atoms with Crippen LogP contribution in [-0.2, 0) is 0 Å². The van der Waals surface area contributed by atoms with E-state index in [1.54, 1.807) is 12.1 Å². The lowest BCUT2D eigenvalue weighted by molar-refractivity contribution is 0.219. The normalized spacial score (nSPS) is 12.8. The van der Waals surface area contributed by atoms with Gasteiger partial charge in [-0.25, -0.2) is 4.79 Å². The van der Waals surface area contributed by atoms with Crippen molar-refractivity contribution in [1.29, 1.82) is 0 Å². The molecule has 0 saturated carbocycles. The average molecular weight is 412 g/mol. The van der Waals surface area contributed by atoms with Gasteiger partial charge in [-0.2, -0.15) is 0 Å². The van der Waals surface area contributed by atoms with Crippen LogP contribution in [-0.4, -0.2) is 15.1 Å². The maximum absolute atomic E-state index is 11.3. The van der Waals surface area contributed by atoms with Gasteiger partial charge in [0, 0.05) is 14.5 Å². The fourth-order valence-electron chi connectivity index (χ4n) is 2.30. The highest BCUT2D eigenvalue weighted by atomic mass is 79.9. The molecule has 3 rings (SSSR count). The molecule has 0 spiro atoms. The van der Waals surface area contributed by atoms with Crippen molar-refractivity contribution in [1.82, 2.24) is 9.97 Å². The second-order valence-electron chi connectivity index (χ2n) is 4.93. The maximum atomic E-state index is 11.3. The van der Waals surface area contributed by atoms with Gasteiger partial charge in [-0.05, 0) is 36.2 Å². The summed E-state index contributed by atoms with van der Waals surface area (Å²) in [5.74, 6) is 0. The zero-order chi connectivity index (χ0) is 15.1. The second kappa shape index (κ2) is 5.44. The summed E-state index contributed by atoms with van der Waals surface area (Å²) in [6.45, 7) is 1.99. The minimum atomic E-state index is -0.794. The predicted octanol–water partition coefficient (Wildman–Crippen LogP) is 3.77. The first-order valence-electron chi connectivity index (χ1n) is 6.31. The highest BCUT2D eigenvalue weighted by molar-refractivity contribution is 9.10. The Morgan fingerprint density at radius 3 is 2.29 bits per heavy atom. The van der Waals surface area contributed by atoms with E-state index >= 15 is 0 Å². The van der Waals surface area contributed by atoms with E-state index in [9.17, 15) is 9.90 Å². The molecule has 4 nitrogen and oxygen atoms in total. The molecule has 0 aliphatic rings. The number of aryl methyl sites for hydroxylation is 1. The Balaban J connectivity index is 2.14. The van der Waals surface area contributed by atoms with Crippen LogP contribution in [0.1, 0.15) is 22.8 Å². The lowest BCUT2D eigenvalue weighted by Gasteiger charge is -2.15. The fourth-order valence-corrected chi connectivity index (χ4v) is 3.57. The van der Waals surface area contributed by atoms with E-state index in [1.165, 1.54) is 0 Å². The molecule has 108 valence electrons. The van der Waals surface area contributed by atoms with E-state index in [0.717, 1.165) is 20.1 Å². The summed E-state index contributed by atoms with van der Waals surface area (Å²) >= 11 is 6.94. The molecule has 0 bridgehead atoms. The first kappa shape index (κ1) is 14.6. The van der Waals surface area contributed by atoms with Crippen LogP contribution in [0.5, 0.6) is 0 Å². The summed E-state index contributed by atoms with van der Waals surface area (Å²) in [5.41, 5.74) is 3.69. The number of fused-ring (bicyclic) bond motifs is 1. The molecular formula is C15H12Br2N2O2. The molecule has 1 atom stereocenters. The molecule has 0 radical (unpaired) electrons. The number of aromatic nitrogens is 2. The molecule has 1 aromatic heterocycles. The molecule has 0 aliphatic carbocycles. The predicted molar refractivity (Wildman–Crippen MR) is 89.6 cm³/mol. The van der Waals surface area contributed by atoms with Crippen LogP contribution < -0.4 is 5.69 Å². The fraction of sp³-hybridized carbons (Fsp3) is 0.133. The van der Waals surface area contributed by atoms with Crippen LogP contribution in [0.15, 0.2) is 44.1 Å². The zero-order valence-electron chi connectivity index (χ0n) is 11.1. The highest BCUT2D eigenvalue weighted by Gasteiger charge is 2.18. The van der Waals surface area contributed by atoms with Crippen LogP contribution >= 0.6 is 31.9 Å². The molecule has 3 N–H and O–H groups in total. The van der Waals surface area contributed by atoms with E-state index in [2.05, 4.69) is 41.8 Å². The zero-order valence-corrected chi connectivity index (χ0v) is 14.2. The number of imidazole rings is 1. The van der Waals surface area contributed by atoms with Crippen molar-refractivity contribution < 1.29 is 5.11 Å². The van der Waals surface area contributed by atoms with Crippen molar-refractivity contribution in [3.8, 4) is 0 Å². The molecule has 2 aromatic carbocycles. The third kappa shape index (κ3) is 2.71. The van der Waals surface area contributed by atoms with Gasteiger partial charge in [-0.15, -0.1) is 0 Å². The quantitative estimate of drug-likeness (QED) is 0.600. The Bertz CT molecular complexity index is 883. The Hall–Kier alpha value is -1.37. The number of halogens is 2. The number of rotatable bonds is 2. The number of aliphatic hydroxyl groups is 1. The number of hydrogen-bond donors (Lipinski definition) is 3. The first-order chi connectivity index (χ1) is 9.95. The minimum absolute atomic E-state index is 0.264. The van der Waals surface area contributed by atoms with Gasteiger partial charge in [0.1, 0.15) is 6.10 Å². The van der Waals surface area contributed by atoms with Crippen molar-refractivity contribution in [2.45, 2.75) is 13.0 Å². The summed E-state index contributed by atoms with van der Waals surface area (Å²) in [4.78, 5) is 16.7. The lowest BCUT2D eigenvalue weighted by atomic mass is 10.00. The van der Waals surface area contributed by atoms with Gasteiger partial charge < -0.3 is 15.1 Å². The van der Waals surface area contributed by atoms with E-state index in [-0.39, 0.29) is 5.69 Å². The van der Waals surface area contributed by atoms with Crippen molar-refractivity contribution in [2.24, 2.45) is 0 Å². The SMILES string of the molecule is Cc1ccc(C(O)c2cc3[nH]c(=O)[nH]c3cc2Br)c(Br)c1. The van der Waals surface area contributed by atoms with E-state index < -0.39 is 6.10 Å². The molecule has 0 aliphatic heterocycles. The molecule has 0 saturated heterocycles. The summed E-state index contributed by atoms with van der Waals surface area (Å²) in [5, 5.41) is 10.6. The summed E-state index contributed by atoms with van der Waals surface area (Å²) < 4.78 is 1.59. The molecule has 21 heavy (non-hydrogen) atoms. The molecule has 1 heterocycles. The summed E-state index contributed by atoms with van der Waals surface area (Å²) in [6, 6.07) is 9.36. The third-order valence-electron chi connectivity index (χ3n) is 3.38. The van der Waals surface area contributed by atoms with Crippen molar-refractivity contribution >= 4 is 42.9 Å². The van der Waals surface area contributed by atoms with Gasteiger partial charge in [-0.3, -0.25) is 0 Å². The molecular weight excluding hydrogens is 400 g/mol. The molecule has 0 fully saturated rings. The molecule has 3 aromatic rings. The van der Waals surface area contributed by atoms with Crippen LogP contribution in [0, 0.1) is 6.92 Å². The lowest BCUT2D eigenvalue weighted by Crippen LogP contribution is -2.02. The number of hydrogen-bond acceptors (Lipinski definition) is 2. The Morgan fingerprint density at radius 2 is 1.62 bits per heavy atom. The highest BCUT2D eigenvalue weighted by Crippen LogP contribution is 2.34. The van der Waals surface area contributed by atoms with Crippen molar-refractivity contribution in [3.63, 3.8) is 0 Å². The van der Waals surface area contributed by atoms with E-state index in [4.69, 9.17) is 0 Å². The number of benzene rings is 2. The standard InChI is InChI=1S/C15H12Br2N2O2/c1-7-2-3-8(10(16)4-7)14(20)9-5-12-13(6-11(9)17)19-15(21)18-12/h2-6,14,20H,1H3,(H2,18,19,21). The van der Waals surface area contributed by atoms with Crippen LogP contribution in [0.25, 0.3) is 11.0 Å². The molecule has 1 unspecified atom stereocenters. The van der Waals surface area contributed by atoms with Crippen LogP contribution in [0.3, 0.4) is 0 Å². The molecule has 6 heteroatoms. The van der Waals surface area contributed by atoms with Gasteiger partial charge in [0.05, 0.1) is 11.0 Å². The monoisotopic (exact) mass is 410 g/mol. The number of aliphatic hydroxyl groups excluding tert-OH is 1. The third-order valence-corrected chi connectivity index (χ3v) is 4.75. The topological polar surface area (TPSA) is 68.9 Å². The van der Waals surface area contributed by atoms with Gasteiger partial charge in [-0.1, -0.05) is 44.0 Å². The number of nitrogens with one attached hydrogen (secondary N) is 2. The Morgan fingerprint density at radius 1 is 1.00 bits per heavy atom. The summed E-state index contributed by atoms with van der Waals surface area (Å²) in [7, 11) is 0. The average Bonchev–Trinajstić information content (AvgIpc) is 2.76. The minimum Gasteiger partial charge on any atom is -0.384 e. The Labute approximate surface area is 137 Å². The van der Waals surface area contributed by atoms with E-state index in [0.29, 0.717) is 16.6 Å². The van der Waals surface area contributed by atoms with Gasteiger partial charge in [0.2, 0.25) is 0 Å². The maximum Gasteiger partial charge on any atom is 0.323 e. The number of aromatic amines is 2. The van der Waals surface area contributed by atoms with Crippen molar-refractivity contribution in [2.75, 3.05) is 0 Å². The smallest absolute Gasteiger partial charge is 0.323 e. The van der Waals surface area contributed by atoms with Gasteiger partial charge in [0.15, 0.2) is 0 Å². The van der Waals surface area contributed by atoms with Crippen LogP contribution in [0.2, 0.25) is 0 Å². The first-order valence-corrected chi connectivity index (χ1v) is 7.90. The van der Waals surface area contributed by atoms with Gasteiger partial charge in [0.25, 0.3) is 0 Å². The molecule has 0 amide bonds. The largest absolute Gasteiger partial charge is 0.384 e. The second-order valence-corrected chi connectivity index (χ2v) is 6.63. The number of H-pyrrole nitrogens is 2. The van der Waals surface area contributed by atoms with Crippen LogP contribution in [0.4, 0.5) is 0 Å². The van der Waals surface area contributed by atoms with Crippen molar-refractivity contribution in [3.05, 3.63) is 66.5 Å².